The monoisotopic (exact) mass is 619 g/mol. The fraction of sp³-hybridized carbons (Fsp3) is 0.654. The van der Waals surface area contributed by atoms with Crippen LogP contribution in [0.4, 0.5) is 4.79 Å². The molecule has 3 amide bonds. The van der Waals surface area contributed by atoms with Crippen molar-refractivity contribution in [2.45, 2.75) is 56.5 Å². The van der Waals surface area contributed by atoms with Gasteiger partial charge in [0.1, 0.15) is 12.1 Å². The number of esters is 1. The summed E-state index contributed by atoms with van der Waals surface area (Å²) in [4.78, 5) is 42.5. The van der Waals surface area contributed by atoms with Crippen molar-refractivity contribution in [1.82, 2.24) is 24.7 Å². The number of halogens is 2. The minimum atomic E-state index is -4.09. The van der Waals surface area contributed by atoms with Gasteiger partial charge in [-0.05, 0) is 62.9 Å². The van der Waals surface area contributed by atoms with Crippen LogP contribution in [0.3, 0.4) is 0 Å². The van der Waals surface area contributed by atoms with E-state index < -0.39 is 34.0 Å². The highest BCUT2D eigenvalue weighted by atomic mass is 35.5. The van der Waals surface area contributed by atoms with E-state index in [0.29, 0.717) is 25.4 Å². The second kappa shape index (κ2) is 14.7. The minimum absolute atomic E-state index is 0.119. The fourth-order valence-electron chi connectivity index (χ4n) is 5.17. The summed E-state index contributed by atoms with van der Waals surface area (Å²) in [6.07, 6.45) is 2.51. The summed E-state index contributed by atoms with van der Waals surface area (Å²) in [5, 5.41) is 5.60. The van der Waals surface area contributed by atoms with Gasteiger partial charge < -0.3 is 25.2 Å². The Morgan fingerprint density at radius 3 is 2.25 bits per heavy atom. The number of nitrogens with zero attached hydrogens (tertiary/aromatic N) is 3. The highest BCUT2D eigenvalue weighted by Crippen LogP contribution is 2.30. The van der Waals surface area contributed by atoms with Gasteiger partial charge in [0.25, 0.3) is 0 Å². The first-order chi connectivity index (χ1) is 19.0. The predicted molar refractivity (Wildman–Crippen MR) is 153 cm³/mol. The Morgan fingerprint density at radius 1 is 1.05 bits per heavy atom. The molecule has 0 unspecified atom stereocenters. The van der Waals surface area contributed by atoms with Gasteiger partial charge in [-0.25, -0.2) is 18.0 Å². The summed E-state index contributed by atoms with van der Waals surface area (Å²) >= 11 is 12.0. The lowest BCUT2D eigenvalue weighted by Gasteiger charge is -2.34. The van der Waals surface area contributed by atoms with Crippen molar-refractivity contribution in [3.05, 3.63) is 28.2 Å². The number of amides is 3. The number of nitrogens with one attached hydrogen (secondary N) is 2. The average molecular weight is 621 g/mol. The lowest BCUT2D eigenvalue weighted by atomic mass is 9.96. The maximum Gasteiger partial charge on any atom is 0.330 e. The van der Waals surface area contributed by atoms with Crippen LogP contribution >= 0.6 is 23.2 Å². The first kappa shape index (κ1) is 32.4. The van der Waals surface area contributed by atoms with Crippen LogP contribution in [-0.4, -0.2) is 105 Å². The molecule has 2 heterocycles. The molecule has 0 aliphatic carbocycles. The summed E-state index contributed by atoms with van der Waals surface area (Å²) in [6, 6.07) is 1.40. The fourth-order valence-corrected chi connectivity index (χ4v) is 7.56. The molecule has 224 valence electrons. The second-order valence-corrected chi connectivity index (χ2v) is 12.8. The summed E-state index contributed by atoms with van der Waals surface area (Å²) in [6.45, 7) is 8.42. The Bertz CT molecular complexity index is 1140. The minimum Gasteiger partial charge on any atom is -0.467 e. The number of likely N-dealkylation sites (tertiary alicyclic amines) is 1. The van der Waals surface area contributed by atoms with Gasteiger partial charge >= 0.3 is 12.0 Å². The molecule has 2 N–H and O–H groups in total. The molecule has 2 atom stereocenters. The Morgan fingerprint density at radius 2 is 1.68 bits per heavy atom. The van der Waals surface area contributed by atoms with Gasteiger partial charge in [-0.1, -0.05) is 37.0 Å². The molecular weight excluding hydrogens is 581 g/mol. The molecule has 11 nitrogen and oxygen atoms in total. The highest BCUT2D eigenvalue weighted by Gasteiger charge is 2.41. The van der Waals surface area contributed by atoms with Crippen molar-refractivity contribution in [1.29, 1.82) is 0 Å². The van der Waals surface area contributed by atoms with Gasteiger partial charge in [0.05, 0.1) is 18.6 Å². The van der Waals surface area contributed by atoms with Gasteiger partial charge in [0.15, 0.2) is 0 Å². The third-order valence-electron chi connectivity index (χ3n) is 7.52. The molecule has 1 aromatic rings. The molecule has 0 saturated carbocycles. The number of methoxy groups -OCH3 is 1. The lowest BCUT2D eigenvalue weighted by molar-refractivity contribution is -0.145. The Balaban J connectivity index is 1.60. The molecule has 2 aliphatic heterocycles. The summed E-state index contributed by atoms with van der Waals surface area (Å²) in [7, 11) is -2.91. The third-order valence-corrected chi connectivity index (χ3v) is 9.84. The molecule has 0 spiro atoms. The molecule has 2 fully saturated rings. The molecule has 0 radical (unpaired) electrons. The van der Waals surface area contributed by atoms with E-state index in [1.807, 2.05) is 0 Å². The normalized spacial score (nSPS) is 19.4. The molecule has 0 bridgehead atoms. The zero-order valence-electron chi connectivity index (χ0n) is 23.2. The van der Waals surface area contributed by atoms with Crippen LogP contribution in [0.1, 0.15) is 39.5 Å². The van der Waals surface area contributed by atoms with Crippen LogP contribution in [0, 0.1) is 5.92 Å². The molecule has 2 saturated heterocycles. The van der Waals surface area contributed by atoms with E-state index in [1.54, 1.807) is 4.90 Å². The number of rotatable bonds is 11. The van der Waals surface area contributed by atoms with Gasteiger partial charge in [0, 0.05) is 36.2 Å². The molecule has 40 heavy (non-hydrogen) atoms. The van der Waals surface area contributed by atoms with Crippen molar-refractivity contribution >= 4 is 51.1 Å². The smallest absolute Gasteiger partial charge is 0.330 e. The maximum atomic E-state index is 13.3. The zero-order valence-corrected chi connectivity index (χ0v) is 25.5. The van der Waals surface area contributed by atoms with Crippen LogP contribution in [0.15, 0.2) is 23.1 Å². The molecule has 1 aromatic carbocycles. The summed E-state index contributed by atoms with van der Waals surface area (Å²) in [5.41, 5.74) is 0. The Labute approximate surface area is 246 Å². The summed E-state index contributed by atoms with van der Waals surface area (Å²) < 4.78 is 32.5. The van der Waals surface area contributed by atoms with Crippen molar-refractivity contribution in [2.24, 2.45) is 5.92 Å². The van der Waals surface area contributed by atoms with E-state index >= 15 is 0 Å². The van der Waals surface area contributed by atoms with Crippen molar-refractivity contribution in [2.75, 3.05) is 52.9 Å². The van der Waals surface area contributed by atoms with Crippen LogP contribution in [-0.2, 0) is 24.3 Å². The quantitative estimate of drug-likeness (QED) is 0.364. The number of ether oxygens (including phenoxy) is 1. The third kappa shape index (κ3) is 8.22. The number of carbonyl (C=O) groups excluding carboxylic acids is 3. The van der Waals surface area contributed by atoms with Crippen molar-refractivity contribution in [3.8, 4) is 0 Å². The number of hydrogen-bond acceptors (Lipinski definition) is 7. The molecule has 2 aliphatic rings. The van der Waals surface area contributed by atoms with Gasteiger partial charge in [0.2, 0.25) is 15.9 Å². The second-order valence-electron chi connectivity index (χ2n) is 10.1. The number of hydrogen-bond donors (Lipinski definition) is 2. The number of piperidine rings is 1. The molecule has 3 rings (SSSR count). The number of benzene rings is 1. The van der Waals surface area contributed by atoms with Crippen LogP contribution in [0.2, 0.25) is 10.0 Å². The molecular formula is C26H39Cl2N5O6S. The highest BCUT2D eigenvalue weighted by molar-refractivity contribution is 7.89. The average Bonchev–Trinajstić information content (AvgIpc) is 3.44. The largest absolute Gasteiger partial charge is 0.467 e. The summed E-state index contributed by atoms with van der Waals surface area (Å²) in [5.74, 6) is -0.878. The van der Waals surface area contributed by atoms with Crippen LogP contribution < -0.4 is 10.6 Å². The van der Waals surface area contributed by atoms with Gasteiger partial charge in [-0.2, -0.15) is 4.31 Å². The Hall–Kier alpha value is -2.12. The molecule has 14 heteroatoms. The topological polar surface area (TPSA) is 128 Å². The van der Waals surface area contributed by atoms with E-state index in [-0.39, 0.29) is 40.5 Å². The van der Waals surface area contributed by atoms with Gasteiger partial charge in [-0.15, -0.1) is 0 Å². The van der Waals surface area contributed by atoms with Crippen molar-refractivity contribution in [3.63, 3.8) is 0 Å². The van der Waals surface area contributed by atoms with Gasteiger partial charge in [-0.3, -0.25) is 4.79 Å². The first-order valence-corrected chi connectivity index (χ1v) is 15.8. The predicted octanol–water partition coefficient (Wildman–Crippen LogP) is 2.57. The standard InChI is InChI=1S/C26H39Cl2N5O6S/c1-4-31(5-2)17-18-8-11-32(12-9-18)26(36)29-16-22(25(35)39-3)30-24(34)23-7-6-10-33(23)40(37,38)21-14-19(27)13-20(28)15-21/h13-15,18,22-23H,4-12,16-17H2,1-3H3,(H,29,36)(H,30,34)/t22-,23-/m0/s1. The molecule has 0 aromatic heterocycles. The zero-order chi connectivity index (χ0) is 29.4. The SMILES string of the molecule is CCN(CC)CC1CCN(C(=O)NC[C@H](NC(=O)[C@@H]2CCCN2S(=O)(=O)c2cc(Cl)cc(Cl)c2)C(=O)OC)CC1. The maximum absolute atomic E-state index is 13.3. The van der Waals surface area contributed by atoms with Crippen molar-refractivity contribution < 1.29 is 27.5 Å². The lowest BCUT2D eigenvalue weighted by Crippen LogP contribution is -2.55. The van der Waals surface area contributed by atoms with E-state index in [0.717, 1.165) is 36.8 Å². The van der Waals surface area contributed by atoms with E-state index in [1.165, 1.54) is 25.3 Å². The van der Waals surface area contributed by atoms with E-state index in [9.17, 15) is 22.8 Å². The number of urea groups is 1. The Kier molecular flexibility index (Phi) is 11.9. The van der Waals surface area contributed by atoms with E-state index in [2.05, 4.69) is 29.4 Å². The van der Waals surface area contributed by atoms with Crippen LogP contribution in [0.25, 0.3) is 0 Å². The number of sulfonamides is 1. The first-order valence-electron chi connectivity index (χ1n) is 13.6. The number of carbonyl (C=O) groups is 3. The van der Waals surface area contributed by atoms with E-state index in [4.69, 9.17) is 27.9 Å². The van der Waals surface area contributed by atoms with Crippen LogP contribution in [0.5, 0.6) is 0 Å².